The van der Waals surface area contributed by atoms with Gasteiger partial charge >= 0.3 is 0 Å². The highest BCUT2D eigenvalue weighted by molar-refractivity contribution is 5.99. The summed E-state index contributed by atoms with van der Waals surface area (Å²) in [5.41, 5.74) is 17.4. The summed E-state index contributed by atoms with van der Waals surface area (Å²) in [6, 6.07) is 28.1. The largest absolute Gasteiger partial charge is 0.397 e. The number of hydrogen-bond acceptors (Lipinski definition) is 4. The quantitative estimate of drug-likeness (QED) is 0.158. The smallest absolute Gasteiger partial charge is 0.124 e. The van der Waals surface area contributed by atoms with Crippen LogP contribution >= 0.6 is 0 Å². The van der Waals surface area contributed by atoms with Crippen LogP contribution in [0.5, 0.6) is 0 Å². The summed E-state index contributed by atoms with van der Waals surface area (Å²) in [6.07, 6.45) is 9.06. The molecule has 0 unspecified atom stereocenters. The van der Waals surface area contributed by atoms with Crippen LogP contribution in [-0.4, -0.2) is 40.5 Å². The fraction of sp³-hybridized carbons (Fsp3) is 0.179. The summed E-state index contributed by atoms with van der Waals surface area (Å²) in [4.78, 5) is 14.8. The number of nitrogens with one attached hydrogen (secondary N) is 1. The number of nitrogens with two attached hydrogens (primary N) is 1. The lowest BCUT2D eigenvalue weighted by molar-refractivity contribution is 0.400. The maximum absolute atomic E-state index is 14.8. The fourth-order valence-corrected chi connectivity index (χ4v) is 5.85. The number of pyridine rings is 2. The van der Waals surface area contributed by atoms with Crippen molar-refractivity contribution in [1.82, 2.24) is 19.9 Å². The first-order valence-corrected chi connectivity index (χ1v) is 15.3. The normalized spacial score (nSPS) is 11.4. The molecule has 0 atom stereocenters. The van der Waals surface area contributed by atoms with Gasteiger partial charge in [-0.15, -0.1) is 0 Å². The van der Waals surface area contributed by atoms with Gasteiger partial charge in [0.15, 0.2) is 0 Å². The van der Waals surface area contributed by atoms with Gasteiger partial charge in [0.05, 0.1) is 17.6 Å². The number of halogens is 1. The van der Waals surface area contributed by atoms with Crippen LogP contribution in [0.4, 0.5) is 10.1 Å². The van der Waals surface area contributed by atoms with Crippen molar-refractivity contribution < 1.29 is 4.39 Å². The zero-order chi connectivity index (χ0) is 31.3. The Labute approximate surface area is 264 Å². The van der Waals surface area contributed by atoms with Gasteiger partial charge in [0, 0.05) is 45.7 Å². The number of rotatable bonds is 11. The lowest BCUT2D eigenvalue weighted by Crippen LogP contribution is -2.13. The monoisotopic (exact) mass is 595 g/mol. The first-order valence-electron chi connectivity index (χ1n) is 15.3. The van der Waals surface area contributed by atoms with Crippen molar-refractivity contribution in [3.05, 3.63) is 144 Å². The number of hydrogen-bond donors (Lipinski definition) is 2. The summed E-state index contributed by atoms with van der Waals surface area (Å²) in [7, 11) is 4.11. The maximum atomic E-state index is 14.8. The molecule has 3 aromatic carbocycles. The minimum absolute atomic E-state index is 0.222. The second-order valence-corrected chi connectivity index (χ2v) is 11.9. The lowest BCUT2D eigenvalue weighted by Gasteiger charge is -2.11. The number of aromatic nitrogens is 3. The van der Waals surface area contributed by atoms with E-state index in [9.17, 15) is 4.39 Å². The topological polar surface area (TPSA) is 70.8 Å². The van der Waals surface area contributed by atoms with E-state index in [-0.39, 0.29) is 5.82 Å². The van der Waals surface area contributed by atoms with Crippen LogP contribution in [0.1, 0.15) is 34.4 Å². The molecule has 0 saturated heterocycles. The highest BCUT2D eigenvalue weighted by atomic mass is 19.1. The van der Waals surface area contributed by atoms with Crippen molar-refractivity contribution in [1.29, 1.82) is 0 Å². The SMILES string of the molecule is C=C(c1cc2c(-c3cc(F)cc(CCCN(C)C)c3)cccc2[nH]1)c1cc(-c2cncc(CCc3ccccc3)c2)ncc1N. The number of aromatic amines is 1. The van der Waals surface area contributed by atoms with Gasteiger partial charge in [-0.3, -0.25) is 9.97 Å². The molecule has 45 heavy (non-hydrogen) atoms. The molecule has 5 nitrogen and oxygen atoms in total. The molecule has 226 valence electrons. The summed E-state index contributed by atoms with van der Waals surface area (Å²) in [6.45, 7) is 5.39. The van der Waals surface area contributed by atoms with Crippen LogP contribution in [-0.2, 0) is 19.3 Å². The minimum Gasteiger partial charge on any atom is -0.397 e. The Morgan fingerprint density at radius 2 is 1.62 bits per heavy atom. The molecule has 0 aliphatic heterocycles. The van der Waals surface area contributed by atoms with Crippen LogP contribution in [0.3, 0.4) is 0 Å². The lowest BCUT2D eigenvalue weighted by atomic mass is 9.97. The van der Waals surface area contributed by atoms with E-state index >= 15 is 0 Å². The van der Waals surface area contributed by atoms with E-state index in [1.54, 1.807) is 18.3 Å². The summed E-state index contributed by atoms with van der Waals surface area (Å²) < 4.78 is 14.8. The molecule has 3 aromatic heterocycles. The van der Waals surface area contributed by atoms with E-state index in [1.165, 1.54) is 5.56 Å². The molecule has 0 spiro atoms. The van der Waals surface area contributed by atoms with Crippen LogP contribution in [0.15, 0.2) is 110 Å². The first kappa shape index (κ1) is 30.0. The van der Waals surface area contributed by atoms with Crippen molar-refractivity contribution in [2.45, 2.75) is 25.7 Å². The fourth-order valence-electron chi connectivity index (χ4n) is 5.85. The number of anilines is 1. The van der Waals surface area contributed by atoms with Crippen molar-refractivity contribution in [3.63, 3.8) is 0 Å². The number of aryl methyl sites for hydroxylation is 3. The van der Waals surface area contributed by atoms with Gasteiger partial charge in [0.25, 0.3) is 0 Å². The van der Waals surface area contributed by atoms with Crippen LogP contribution in [0.2, 0.25) is 0 Å². The Bertz CT molecular complexity index is 1960. The molecule has 6 rings (SSSR count). The van der Waals surface area contributed by atoms with Crippen LogP contribution in [0, 0.1) is 5.82 Å². The Morgan fingerprint density at radius 1 is 0.822 bits per heavy atom. The predicted molar refractivity (Wildman–Crippen MR) is 184 cm³/mol. The molecule has 0 fully saturated rings. The third kappa shape index (κ3) is 7.03. The van der Waals surface area contributed by atoms with Crippen LogP contribution < -0.4 is 5.73 Å². The second kappa shape index (κ2) is 13.3. The van der Waals surface area contributed by atoms with Crippen molar-refractivity contribution in [2.75, 3.05) is 26.4 Å². The molecule has 0 bridgehead atoms. The molecule has 0 aliphatic carbocycles. The zero-order valence-corrected chi connectivity index (χ0v) is 25.9. The van der Waals surface area contributed by atoms with E-state index in [0.29, 0.717) is 5.69 Å². The number of H-pyrrole nitrogens is 1. The molecule has 3 N–H and O–H groups in total. The molecule has 6 aromatic rings. The average molecular weight is 596 g/mol. The molecule has 0 amide bonds. The van der Waals surface area contributed by atoms with Gasteiger partial charge in [-0.1, -0.05) is 55.1 Å². The van der Waals surface area contributed by atoms with Gasteiger partial charge in [0.2, 0.25) is 0 Å². The Morgan fingerprint density at radius 3 is 2.44 bits per heavy atom. The number of fused-ring (bicyclic) bond motifs is 1. The molecule has 0 saturated carbocycles. The number of nitrogen functional groups attached to an aromatic ring is 1. The Balaban J connectivity index is 1.27. The number of nitrogens with zero attached hydrogens (tertiary/aromatic N) is 3. The molecule has 0 aliphatic rings. The highest BCUT2D eigenvalue weighted by Crippen LogP contribution is 2.35. The van der Waals surface area contributed by atoms with Gasteiger partial charge in [-0.25, -0.2) is 4.39 Å². The molecule has 0 radical (unpaired) electrons. The summed E-state index contributed by atoms with van der Waals surface area (Å²) in [5, 5.41) is 1.00. The molecule has 6 heteroatoms. The highest BCUT2D eigenvalue weighted by Gasteiger charge is 2.15. The Kier molecular flexibility index (Phi) is 8.85. The zero-order valence-electron chi connectivity index (χ0n) is 25.9. The Hall–Kier alpha value is -5.07. The third-order valence-electron chi connectivity index (χ3n) is 8.22. The maximum Gasteiger partial charge on any atom is 0.124 e. The van der Waals surface area contributed by atoms with Crippen molar-refractivity contribution >= 4 is 22.2 Å². The van der Waals surface area contributed by atoms with E-state index in [4.69, 9.17) is 5.73 Å². The van der Waals surface area contributed by atoms with Gasteiger partial charge in [-0.05, 0) is 111 Å². The van der Waals surface area contributed by atoms with E-state index in [2.05, 4.69) is 83.0 Å². The van der Waals surface area contributed by atoms with Gasteiger partial charge in [-0.2, -0.15) is 0 Å². The second-order valence-electron chi connectivity index (χ2n) is 11.9. The minimum atomic E-state index is -0.222. The van der Waals surface area contributed by atoms with Crippen molar-refractivity contribution in [2.24, 2.45) is 0 Å². The van der Waals surface area contributed by atoms with E-state index in [1.807, 2.05) is 42.7 Å². The predicted octanol–water partition coefficient (Wildman–Crippen LogP) is 8.35. The summed E-state index contributed by atoms with van der Waals surface area (Å²) >= 11 is 0. The van der Waals surface area contributed by atoms with Crippen molar-refractivity contribution in [3.8, 4) is 22.4 Å². The molecular formula is C39H38FN5. The van der Waals surface area contributed by atoms with E-state index < -0.39 is 0 Å². The van der Waals surface area contributed by atoms with E-state index in [0.717, 1.165) is 93.5 Å². The number of benzene rings is 3. The van der Waals surface area contributed by atoms with Gasteiger partial charge < -0.3 is 15.6 Å². The first-order chi connectivity index (χ1) is 21.8. The van der Waals surface area contributed by atoms with Crippen LogP contribution in [0.25, 0.3) is 38.9 Å². The molecular weight excluding hydrogens is 557 g/mol. The average Bonchev–Trinajstić information content (AvgIpc) is 3.49. The van der Waals surface area contributed by atoms with Gasteiger partial charge in [0.1, 0.15) is 5.82 Å². The third-order valence-corrected chi connectivity index (χ3v) is 8.22. The molecule has 3 heterocycles. The standard InChI is InChI=1S/C39H38FN5/c1-26(34-21-39(43-25-36(34)41)31-18-29(23-42-24-31)15-14-27-9-5-4-6-10-27)38-22-35-33(12-7-13-37(35)44-38)30-17-28(19-32(40)20-30)11-8-16-45(2)3/h4-7,9-10,12-13,17-25,44H,1,8,11,14-16,41H2,2-3H3. The summed E-state index contributed by atoms with van der Waals surface area (Å²) in [5.74, 6) is -0.222.